The van der Waals surface area contributed by atoms with Crippen LogP contribution in [0.5, 0.6) is 0 Å². The average molecular weight is 316 g/mol. The van der Waals surface area contributed by atoms with Crippen LogP contribution in [0, 0.1) is 0 Å². The van der Waals surface area contributed by atoms with Gasteiger partial charge in [-0.3, -0.25) is 4.90 Å². The number of anilines is 1. The lowest BCUT2D eigenvalue weighted by Gasteiger charge is -2.39. The first kappa shape index (κ1) is 18.0. The zero-order valence-electron chi connectivity index (χ0n) is 15.0. The van der Waals surface area contributed by atoms with E-state index in [1.807, 2.05) is 12.1 Å². The van der Waals surface area contributed by atoms with Crippen molar-refractivity contribution >= 4 is 5.69 Å². The van der Waals surface area contributed by atoms with Gasteiger partial charge in [0.05, 0.1) is 6.10 Å². The molecule has 1 aromatic rings. The highest BCUT2D eigenvalue weighted by molar-refractivity contribution is 5.41. The predicted molar refractivity (Wildman–Crippen MR) is 98.5 cm³/mol. The molecule has 1 fully saturated rings. The van der Waals surface area contributed by atoms with Crippen LogP contribution in [0.15, 0.2) is 35.9 Å². The van der Waals surface area contributed by atoms with Gasteiger partial charge in [0.15, 0.2) is 0 Å². The summed E-state index contributed by atoms with van der Waals surface area (Å²) in [5.41, 5.74) is 9.41. The molecule has 1 saturated heterocycles. The quantitative estimate of drug-likeness (QED) is 0.643. The Bertz CT molecular complexity index is 521. The zero-order chi connectivity index (χ0) is 17.0. The molecule has 2 rings (SSSR count). The maximum Gasteiger partial charge on any atom is 0.0564 e. The number of aliphatic hydroxyl groups excluding tert-OH is 1. The molecule has 0 saturated carbocycles. The lowest BCUT2D eigenvalue weighted by atomic mass is 9.78. The maximum atomic E-state index is 9.77. The van der Waals surface area contributed by atoms with E-state index in [2.05, 4.69) is 50.8 Å². The summed E-state index contributed by atoms with van der Waals surface area (Å²) in [6, 6.07) is 8.69. The van der Waals surface area contributed by atoms with Crippen molar-refractivity contribution in [2.24, 2.45) is 0 Å². The van der Waals surface area contributed by atoms with Crippen molar-refractivity contribution in [2.45, 2.75) is 64.5 Å². The first-order chi connectivity index (χ1) is 10.8. The molecule has 128 valence electrons. The van der Waals surface area contributed by atoms with Gasteiger partial charge >= 0.3 is 0 Å². The fourth-order valence-electron chi connectivity index (χ4n) is 3.47. The molecule has 0 bridgehead atoms. The lowest BCUT2D eigenvalue weighted by molar-refractivity contribution is 0.0645. The summed E-state index contributed by atoms with van der Waals surface area (Å²) in [5.74, 6) is 0. The summed E-state index contributed by atoms with van der Waals surface area (Å²) in [5, 5.41) is 9.77. The minimum atomic E-state index is -0.122. The molecule has 23 heavy (non-hydrogen) atoms. The number of likely N-dealkylation sites (tertiary alicyclic amines) is 1. The van der Waals surface area contributed by atoms with Crippen molar-refractivity contribution < 1.29 is 5.11 Å². The number of nitrogen functional groups attached to an aromatic ring is 1. The first-order valence-electron chi connectivity index (χ1n) is 8.71. The van der Waals surface area contributed by atoms with E-state index in [0.29, 0.717) is 6.04 Å². The number of piperidine rings is 1. The second kappa shape index (κ2) is 7.50. The Labute approximate surface area is 141 Å². The predicted octanol–water partition coefficient (Wildman–Crippen LogP) is 3.73. The molecule has 3 N–H and O–H groups in total. The van der Waals surface area contributed by atoms with E-state index in [9.17, 15) is 5.11 Å². The summed E-state index contributed by atoms with van der Waals surface area (Å²) in [4.78, 5) is 2.53. The van der Waals surface area contributed by atoms with E-state index in [4.69, 9.17) is 5.73 Å². The Morgan fingerprint density at radius 3 is 2.35 bits per heavy atom. The van der Waals surface area contributed by atoms with Crippen LogP contribution in [0.25, 0.3) is 0 Å². The number of allylic oxidation sites excluding steroid dienone is 1. The number of rotatable bonds is 5. The Morgan fingerprint density at radius 1 is 1.26 bits per heavy atom. The smallest absolute Gasteiger partial charge is 0.0564 e. The van der Waals surface area contributed by atoms with Crippen LogP contribution in [-0.2, 0) is 5.41 Å². The van der Waals surface area contributed by atoms with Gasteiger partial charge in [0, 0.05) is 24.8 Å². The van der Waals surface area contributed by atoms with Crippen molar-refractivity contribution in [3.63, 3.8) is 0 Å². The van der Waals surface area contributed by atoms with Crippen molar-refractivity contribution in [3.8, 4) is 0 Å². The van der Waals surface area contributed by atoms with E-state index < -0.39 is 0 Å². The third-order valence-electron chi connectivity index (χ3n) is 4.91. The summed E-state index contributed by atoms with van der Waals surface area (Å²) in [6.07, 6.45) is 5.10. The second-order valence-electron chi connectivity index (χ2n) is 7.79. The monoisotopic (exact) mass is 316 g/mol. The largest absolute Gasteiger partial charge is 0.399 e. The van der Waals surface area contributed by atoms with Gasteiger partial charge in [0.1, 0.15) is 0 Å². The van der Waals surface area contributed by atoms with Gasteiger partial charge in [-0.1, -0.05) is 37.6 Å². The third kappa shape index (κ3) is 5.08. The lowest BCUT2D eigenvalue weighted by Crippen LogP contribution is -2.44. The number of aliphatic hydroxyl groups is 1. The molecule has 1 heterocycles. The molecule has 0 aliphatic carbocycles. The van der Waals surface area contributed by atoms with E-state index >= 15 is 0 Å². The highest BCUT2D eigenvalue weighted by Gasteiger charge is 2.29. The fourth-order valence-corrected chi connectivity index (χ4v) is 3.47. The van der Waals surface area contributed by atoms with Gasteiger partial charge in [0.25, 0.3) is 0 Å². The van der Waals surface area contributed by atoms with Crippen molar-refractivity contribution in [3.05, 3.63) is 41.5 Å². The van der Waals surface area contributed by atoms with Crippen LogP contribution < -0.4 is 5.73 Å². The molecule has 3 nitrogen and oxygen atoms in total. The third-order valence-corrected chi connectivity index (χ3v) is 4.91. The maximum absolute atomic E-state index is 9.77. The Balaban J connectivity index is 2.16. The standard InChI is InChI=1S/C20H32N2O/c1-15(2)13-18(22-11-9-19(23)10-12-22)14-20(3,4)16-5-7-17(21)8-6-16/h5-8,13,18-19,23H,9-12,14,21H2,1-4H3. The topological polar surface area (TPSA) is 49.5 Å². The van der Waals surface area contributed by atoms with Crippen molar-refractivity contribution in [1.82, 2.24) is 4.90 Å². The Kier molecular flexibility index (Phi) is 5.88. The molecule has 1 aromatic carbocycles. The normalized spacial score (nSPS) is 18.7. The van der Waals surface area contributed by atoms with E-state index in [0.717, 1.165) is 38.0 Å². The van der Waals surface area contributed by atoms with E-state index in [-0.39, 0.29) is 11.5 Å². The summed E-state index contributed by atoms with van der Waals surface area (Å²) in [7, 11) is 0. The molecule has 1 aliphatic rings. The molecule has 0 amide bonds. The van der Waals surface area contributed by atoms with Gasteiger partial charge in [-0.25, -0.2) is 0 Å². The molecular formula is C20H32N2O. The average Bonchev–Trinajstić information content (AvgIpc) is 2.47. The molecule has 0 radical (unpaired) electrons. The van der Waals surface area contributed by atoms with Crippen molar-refractivity contribution in [1.29, 1.82) is 0 Å². The molecule has 1 atom stereocenters. The van der Waals surface area contributed by atoms with Crippen LogP contribution in [0.1, 0.15) is 52.5 Å². The summed E-state index contributed by atoms with van der Waals surface area (Å²) in [6.45, 7) is 10.9. The van der Waals surface area contributed by atoms with Crippen LogP contribution in [0.4, 0.5) is 5.69 Å². The molecule has 1 aliphatic heterocycles. The Morgan fingerprint density at radius 2 is 1.83 bits per heavy atom. The van der Waals surface area contributed by atoms with Gasteiger partial charge in [-0.15, -0.1) is 0 Å². The number of hydrogen-bond acceptors (Lipinski definition) is 3. The zero-order valence-corrected chi connectivity index (χ0v) is 15.0. The van der Waals surface area contributed by atoms with E-state index in [1.165, 1.54) is 11.1 Å². The van der Waals surface area contributed by atoms with Gasteiger partial charge in [-0.2, -0.15) is 0 Å². The van der Waals surface area contributed by atoms with Crippen LogP contribution in [0.3, 0.4) is 0 Å². The summed E-state index contributed by atoms with van der Waals surface area (Å²) >= 11 is 0. The first-order valence-corrected chi connectivity index (χ1v) is 8.71. The van der Waals surface area contributed by atoms with E-state index in [1.54, 1.807) is 0 Å². The minimum absolute atomic E-state index is 0.0837. The highest BCUT2D eigenvalue weighted by Crippen LogP contribution is 2.32. The SMILES string of the molecule is CC(C)=CC(CC(C)(C)c1ccc(N)cc1)N1CCC(O)CC1. The molecule has 0 spiro atoms. The van der Waals surface area contributed by atoms with Crippen molar-refractivity contribution in [2.75, 3.05) is 18.8 Å². The summed E-state index contributed by atoms with van der Waals surface area (Å²) < 4.78 is 0. The van der Waals surface area contributed by atoms with Gasteiger partial charge in [-0.05, 0) is 56.2 Å². The Hall–Kier alpha value is -1.32. The number of nitrogens with zero attached hydrogens (tertiary/aromatic N) is 1. The molecule has 1 unspecified atom stereocenters. The number of hydrogen-bond donors (Lipinski definition) is 2. The molecular weight excluding hydrogens is 284 g/mol. The van der Waals surface area contributed by atoms with Crippen LogP contribution in [-0.4, -0.2) is 35.2 Å². The number of nitrogens with two attached hydrogens (primary N) is 1. The van der Waals surface area contributed by atoms with Gasteiger partial charge < -0.3 is 10.8 Å². The minimum Gasteiger partial charge on any atom is -0.399 e. The number of benzene rings is 1. The fraction of sp³-hybridized carbons (Fsp3) is 0.600. The highest BCUT2D eigenvalue weighted by atomic mass is 16.3. The van der Waals surface area contributed by atoms with Crippen LogP contribution >= 0.6 is 0 Å². The van der Waals surface area contributed by atoms with Gasteiger partial charge in [0.2, 0.25) is 0 Å². The second-order valence-corrected chi connectivity index (χ2v) is 7.79. The van der Waals surface area contributed by atoms with Crippen LogP contribution in [0.2, 0.25) is 0 Å². The molecule has 0 aromatic heterocycles. The molecule has 3 heteroatoms.